The first-order valence-electron chi connectivity index (χ1n) is 6.61. The van der Waals surface area contributed by atoms with Gasteiger partial charge in [0.1, 0.15) is 0 Å². The Kier molecular flexibility index (Phi) is 2.80. The predicted octanol–water partition coefficient (Wildman–Crippen LogP) is 3.13. The van der Waals surface area contributed by atoms with E-state index < -0.39 is 0 Å². The van der Waals surface area contributed by atoms with Gasteiger partial charge in [-0.05, 0) is 35.6 Å². The van der Waals surface area contributed by atoms with Crippen molar-refractivity contribution in [3.63, 3.8) is 0 Å². The van der Waals surface area contributed by atoms with E-state index >= 15 is 0 Å². The highest BCUT2D eigenvalue weighted by atomic mass is 16.1. The molecule has 0 amide bonds. The minimum absolute atomic E-state index is 0.0158. The Labute approximate surface area is 116 Å². The standard InChI is InChI=1S/C17H14N2O/c1-3-11-4-6-13-14-7-5-12(10-18)9-16(14)19(2)17(20)15(13)8-11/h4-9H,3H2,1-2H3. The lowest BCUT2D eigenvalue weighted by Crippen LogP contribution is -2.17. The molecular formula is C17H14N2O. The van der Waals surface area contributed by atoms with Gasteiger partial charge in [0.05, 0.1) is 17.1 Å². The second kappa shape index (κ2) is 4.50. The maximum atomic E-state index is 12.5. The van der Waals surface area contributed by atoms with E-state index in [9.17, 15) is 4.79 Å². The van der Waals surface area contributed by atoms with Crippen molar-refractivity contribution in [2.24, 2.45) is 7.05 Å². The summed E-state index contributed by atoms with van der Waals surface area (Å²) < 4.78 is 1.62. The number of aryl methyl sites for hydroxylation is 2. The fourth-order valence-electron chi connectivity index (χ4n) is 2.62. The van der Waals surface area contributed by atoms with Crippen molar-refractivity contribution >= 4 is 21.7 Å². The molecule has 3 aromatic rings. The molecule has 0 atom stereocenters. The van der Waals surface area contributed by atoms with Gasteiger partial charge in [0.15, 0.2) is 0 Å². The molecule has 3 nitrogen and oxygen atoms in total. The number of nitrogens with zero attached hydrogens (tertiary/aromatic N) is 2. The van der Waals surface area contributed by atoms with Gasteiger partial charge >= 0.3 is 0 Å². The van der Waals surface area contributed by atoms with Crippen molar-refractivity contribution in [3.05, 3.63) is 57.9 Å². The molecule has 0 aliphatic carbocycles. The van der Waals surface area contributed by atoms with Crippen LogP contribution in [0.5, 0.6) is 0 Å². The van der Waals surface area contributed by atoms with Crippen LogP contribution in [0.2, 0.25) is 0 Å². The molecule has 0 fully saturated rings. The fourth-order valence-corrected chi connectivity index (χ4v) is 2.62. The molecule has 0 aliphatic heterocycles. The highest BCUT2D eigenvalue weighted by Crippen LogP contribution is 2.24. The van der Waals surface area contributed by atoms with Gasteiger partial charge in [0.25, 0.3) is 5.56 Å². The van der Waals surface area contributed by atoms with Gasteiger partial charge < -0.3 is 4.57 Å². The van der Waals surface area contributed by atoms with Crippen LogP contribution in [0.25, 0.3) is 21.7 Å². The zero-order chi connectivity index (χ0) is 14.3. The molecule has 1 aromatic heterocycles. The first-order chi connectivity index (χ1) is 9.65. The van der Waals surface area contributed by atoms with E-state index in [4.69, 9.17) is 5.26 Å². The van der Waals surface area contributed by atoms with Crippen LogP contribution in [-0.2, 0) is 13.5 Å². The maximum absolute atomic E-state index is 12.5. The minimum Gasteiger partial charge on any atom is -0.311 e. The molecule has 2 aromatic carbocycles. The third kappa shape index (κ3) is 1.70. The summed E-state index contributed by atoms with van der Waals surface area (Å²) in [5.74, 6) is 0. The summed E-state index contributed by atoms with van der Waals surface area (Å²) in [4.78, 5) is 12.5. The van der Waals surface area contributed by atoms with Crippen LogP contribution in [0.15, 0.2) is 41.2 Å². The molecule has 0 radical (unpaired) electrons. The van der Waals surface area contributed by atoms with E-state index in [1.165, 1.54) is 0 Å². The first-order valence-corrected chi connectivity index (χ1v) is 6.61. The molecule has 0 saturated carbocycles. The largest absolute Gasteiger partial charge is 0.311 e. The average molecular weight is 262 g/mol. The molecule has 3 rings (SSSR count). The van der Waals surface area contributed by atoms with Gasteiger partial charge in [0, 0.05) is 17.8 Å². The molecule has 0 unspecified atom stereocenters. The smallest absolute Gasteiger partial charge is 0.258 e. The number of pyridine rings is 1. The summed E-state index contributed by atoms with van der Waals surface area (Å²) in [5.41, 5.74) is 2.50. The maximum Gasteiger partial charge on any atom is 0.258 e. The van der Waals surface area contributed by atoms with E-state index in [1.807, 2.05) is 18.2 Å². The third-order valence-electron chi connectivity index (χ3n) is 3.81. The molecule has 0 spiro atoms. The van der Waals surface area contributed by atoms with E-state index in [2.05, 4.69) is 19.1 Å². The van der Waals surface area contributed by atoms with E-state index in [-0.39, 0.29) is 5.56 Å². The summed E-state index contributed by atoms with van der Waals surface area (Å²) in [6, 6.07) is 13.6. The monoisotopic (exact) mass is 262 g/mol. The van der Waals surface area contributed by atoms with Gasteiger partial charge in [-0.25, -0.2) is 0 Å². The van der Waals surface area contributed by atoms with Gasteiger partial charge in [-0.3, -0.25) is 4.79 Å². The highest BCUT2D eigenvalue weighted by molar-refractivity contribution is 6.06. The number of nitriles is 1. The summed E-state index contributed by atoms with van der Waals surface area (Å²) in [5, 5.41) is 11.7. The summed E-state index contributed by atoms with van der Waals surface area (Å²) in [6.07, 6.45) is 0.907. The Hall–Kier alpha value is -2.60. The number of hydrogen-bond donors (Lipinski definition) is 0. The number of rotatable bonds is 1. The Bertz CT molecular complexity index is 930. The molecule has 0 bridgehead atoms. The van der Waals surface area contributed by atoms with E-state index in [0.717, 1.165) is 33.7 Å². The molecule has 98 valence electrons. The number of aromatic nitrogens is 1. The van der Waals surface area contributed by atoms with Crippen molar-refractivity contribution < 1.29 is 0 Å². The lowest BCUT2D eigenvalue weighted by molar-refractivity contribution is 0.917. The van der Waals surface area contributed by atoms with E-state index in [1.54, 1.807) is 23.7 Å². The summed E-state index contributed by atoms with van der Waals surface area (Å²) in [6.45, 7) is 2.08. The first kappa shape index (κ1) is 12.4. The minimum atomic E-state index is -0.0158. The number of hydrogen-bond acceptors (Lipinski definition) is 2. The quantitative estimate of drug-likeness (QED) is 0.632. The summed E-state index contributed by atoms with van der Waals surface area (Å²) >= 11 is 0. The fraction of sp³-hybridized carbons (Fsp3) is 0.176. The normalized spacial score (nSPS) is 10.8. The summed E-state index contributed by atoms with van der Waals surface area (Å²) in [7, 11) is 1.75. The van der Waals surface area contributed by atoms with Gasteiger partial charge in [-0.15, -0.1) is 0 Å². The topological polar surface area (TPSA) is 45.8 Å². The molecule has 0 aliphatic rings. The van der Waals surface area contributed by atoms with Crippen molar-refractivity contribution in [2.45, 2.75) is 13.3 Å². The zero-order valence-corrected chi connectivity index (χ0v) is 11.5. The van der Waals surface area contributed by atoms with Crippen molar-refractivity contribution in [3.8, 4) is 6.07 Å². The van der Waals surface area contributed by atoms with Crippen LogP contribution in [-0.4, -0.2) is 4.57 Å². The van der Waals surface area contributed by atoms with Crippen molar-refractivity contribution in [2.75, 3.05) is 0 Å². The zero-order valence-electron chi connectivity index (χ0n) is 11.5. The van der Waals surface area contributed by atoms with Crippen LogP contribution in [0.1, 0.15) is 18.1 Å². The molecule has 1 heterocycles. The van der Waals surface area contributed by atoms with Crippen LogP contribution in [0.4, 0.5) is 0 Å². The van der Waals surface area contributed by atoms with Crippen molar-refractivity contribution in [1.29, 1.82) is 5.26 Å². The average Bonchev–Trinajstić information content (AvgIpc) is 2.51. The van der Waals surface area contributed by atoms with Crippen LogP contribution >= 0.6 is 0 Å². The Morgan fingerprint density at radius 1 is 1.10 bits per heavy atom. The second-order valence-electron chi connectivity index (χ2n) is 4.94. The van der Waals surface area contributed by atoms with Crippen LogP contribution in [0.3, 0.4) is 0 Å². The van der Waals surface area contributed by atoms with E-state index in [0.29, 0.717) is 5.56 Å². The second-order valence-corrected chi connectivity index (χ2v) is 4.94. The molecule has 0 saturated heterocycles. The molecular weight excluding hydrogens is 248 g/mol. The number of fused-ring (bicyclic) bond motifs is 3. The molecule has 3 heteroatoms. The predicted molar refractivity (Wildman–Crippen MR) is 80.8 cm³/mol. The van der Waals surface area contributed by atoms with Gasteiger partial charge in [-0.2, -0.15) is 5.26 Å². The van der Waals surface area contributed by atoms with Crippen molar-refractivity contribution in [1.82, 2.24) is 4.57 Å². The lowest BCUT2D eigenvalue weighted by atomic mass is 10.0. The third-order valence-corrected chi connectivity index (χ3v) is 3.81. The Morgan fingerprint density at radius 3 is 2.55 bits per heavy atom. The van der Waals surface area contributed by atoms with Crippen LogP contribution < -0.4 is 5.56 Å². The van der Waals surface area contributed by atoms with Crippen LogP contribution in [0, 0.1) is 11.3 Å². The van der Waals surface area contributed by atoms with Gasteiger partial charge in [-0.1, -0.05) is 25.1 Å². The Balaban J connectivity index is 2.55. The highest BCUT2D eigenvalue weighted by Gasteiger charge is 2.09. The molecule has 0 N–H and O–H groups in total. The lowest BCUT2D eigenvalue weighted by Gasteiger charge is -2.10. The number of benzene rings is 2. The molecule has 20 heavy (non-hydrogen) atoms. The van der Waals surface area contributed by atoms with Gasteiger partial charge in [0.2, 0.25) is 0 Å². The Morgan fingerprint density at radius 2 is 1.85 bits per heavy atom. The SMILES string of the molecule is CCc1ccc2c(c1)c(=O)n(C)c1cc(C#N)ccc21.